The summed E-state index contributed by atoms with van der Waals surface area (Å²) in [5, 5.41) is 10.0. The molecule has 57 heavy (non-hydrogen) atoms. The Labute approximate surface area is 333 Å². The summed E-state index contributed by atoms with van der Waals surface area (Å²) in [6.45, 7) is 4.72. The monoisotopic (exact) mass is 728 g/mol. The predicted molar refractivity (Wildman–Crippen MR) is 243 cm³/mol. The van der Waals surface area contributed by atoms with E-state index in [-0.39, 0.29) is 5.41 Å². The molecule has 0 saturated carbocycles. The molecule has 0 radical (unpaired) electrons. The van der Waals surface area contributed by atoms with Gasteiger partial charge in [-0.25, -0.2) is 0 Å². The van der Waals surface area contributed by atoms with Gasteiger partial charge in [0.15, 0.2) is 0 Å². The Morgan fingerprint density at radius 3 is 1.61 bits per heavy atom. The molecule has 0 unspecified atom stereocenters. The van der Waals surface area contributed by atoms with Gasteiger partial charge in [0.25, 0.3) is 0 Å². The molecule has 2 heteroatoms. The van der Waals surface area contributed by atoms with Crippen LogP contribution in [0.25, 0.3) is 54.2 Å². The van der Waals surface area contributed by atoms with Crippen LogP contribution in [-0.2, 0) is 5.41 Å². The zero-order valence-electron chi connectivity index (χ0n) is 32.0. The minimum absolute atomic E-state index is 0.0515. The first-order valence-corrected chi connectivity index (χ1v) is 19.8. The van der Waals surface area contributed by atoms with Gasteiger partial charge in [-0.15, -0.1) is 0 Å². The number of nitrogens with zero attached hydrogens (tertiary/aromatic N) is 2. The van der Waals surface area contributed by atoms with Gasteiger partial charge in [-0.2, -0.15) is 0 Å². The quantitative estimate of drug-likeness (QED) is 0.157. The maximum absolute atomic E-state index is 2.46. The van der Waals surface area contributed by atoms with Crippen molar-refractivity contribution in [3.05, 3.63) is 217 Å². The lowest BCUT2D eigenvalue weighted by molar-refractivity contribution is 0.661. The van der Waals surface area contributed by atoms with Crippen molar-refractivity contribution in [1.29, 1.82) is 0 Å². The third-order valence-electron chi connectivity index (χ3n) is 12.1. The fourth-order valence-electron chi connectivity index (χ4n) is 9.41. The first-order chi connectivity index (χ1) is 28.0. The molecule has 0 saturated heterocycles. The zero-order valence-corrected chi connectivity index (χ0v) is 32.0. The van der Waals surface area contributed by atoms with Crippen molar-refractivity contribution in [3.8, 4) is 11.1 Å². The summed E-state index contributed by atoms with van der Waals surface area (Å²) in [5.41, 5.74) is 12.1. The third kappa shape index (κ3) is 5.33. The number of para-hydroxylation sites is 2. The summed E-state index contributed by atoms with van der Waals surface area (Å²) in [7, 11) is 0. The molecule has 0 atom stereocenters. The molecule has 10 aromatic rings. The second-order valence-corrected chi connectivity index (χ2v) is 15.8. The summed E-state index contributed by atoms with van der Waals surface area (Å²) >= 11 is 0. The predicted octanol–water partition coefficient (Wildman–Crippen LogP) is 15.5. The number of fused-ring (bicyclic) bond motifs is 9. The van der Waals surface area contributed by atoms with E-state index < -0.39 is 0 Å². The average Bonchev–Trinajstić information content (AvgIpc) is 3.49. The van der Waals surface area contributed by atoms with E-state index in [4.69, 9.17) is 0 Å². The summed E-state index contributed by atoms with van der Waals surface area (Å²) in [6.07, 6.45) is 0. The molecule has 0 N–H and O–H groups in total. The van der Waals surface area contributed by atoms with Crippen molar-refractivity contribution < 1.29 is 0 Å². The SMILES string of the molecule is CC1(C)c2ccccc2-c2cc3ccc4cc(N(c5ccccc5)c5cccc(N(c6ccccc6)c6cc7ccccc7c7ccccc67)c5)ccc4c3cc21. The highest BCUT2D eigenvalue weighted by molar-refractivity contribution is 6.15. The molecule has 0 amide bonds. The number of rotatable bonds is 6. The van der Waals surface area contributed by atoms with Crippen LogP contribution in [0.15, 0.2) is 206 Å². The highest BCUT2D eigenvalue weighted by Gasteiger charge is 2.35. The van der Waals surface area contributed by atoms with Gasteiger partial charge in [-0.05, 0) is 133 Å². The molecule has 2 nitrogen and oxygen atoms in total. The maximum Gasteiger partial charge on any atom is 0.0546 e. The topological polar surface area (TPSA) is 6.48 Å². The van der Waals surface area contributed by atoms with Gasteiger partial charge < -0.3 is 9.80 Å². The lowest BCUT2D eigenvalue weighted by Gasteiger charge is -2.30. The van der Waals surface area contributed by atoms with Crippen molar-refractivity contribution in [2.24, 2.45) is 0 Å². The zero-order chi connectivity index (χ0) is 38.1. The summed E-state index contributed by atoms with van der Waals surface area (Å²) in [5.74, 6) is 0. The highest BCUT2D eigenvalue weighted by Crippen LogP contribution is 2.51. The van der Waals surface area contributed by atoms with Crippen LogP contribution in [0.1, 0.15) is 25.0 Å². The molecule has 0 spiro atoms. The number of benzene rings is 10. The van der Waals surface area contributed by atoms with E-state index in [2.05, 4.69) is 230 Å². The molecular weight excluding hydrogens is 689 g/mol. The Morgan fingerprint density at radius 1 is 0.298 bits per heavy atom. The van der Waals surface area contributed by atoms with Gasteiger partial charge in [0, 0.05) is 39.2 Å². The molecular formula is C55H40N2. The first kappa shape index (κ1) is 33.2. The van der Waals surface area contributed by atoms with E-state index in [0.717, 1.165) is 34.1 Å². The standard InChI is InChI=1S/C55H40N2/c1-55(2)52-27-14-13-25-48(52)51-33-39-29-28-38-32-44(30-31-46(38)50(39)36-53(51)55)56(40-17-5-3-6-18-40)42-21-15-22-43(35-42)57(41-19-7-4-8-20-41)54-34-37-16-9-10-23-45(37)47-24-11-12-26-49(47)54/h3-36H,1-2H3. The van der Waals surface area contributed by atoms with E-state index in [9.17, 15) is 0 Å². The second-order valence-electron chi connectivity index (χ2n) is 15.8. The smallest absolute Gasteiger partial charge is 0.0546 e. The van der Waals surface area contributed by atoms with E-state index in [1.165, 1.54) is 65.3 Å². The second kappa shape index (κ2) is 13.0. The van der Waals surface area contributed by atoms with Crippen LogP contribution in [0.3, 0.4) is 0 Å². The lowest BCUT2D eigenvalue weighted by atomic mass is 9.81. The Hall–Kier alpha value is -7.16. The Bertz CT molecular complexity index is 3160. The normalized spacial score (nSPS) is 12.9. The summed E-state index contributed by atoms with van der Waals surface area (Å²) < 4.78 is 0. The van der Waals surface area contributed by atoms with Crippen molar-refractivity contribution in [2.45, 2.75) is 19.3 Å². The van der Waals surface area contributed by atoms with Crippen molar-refractivity contribution in [2.75, 3.05) is 9.80 Å². The highest BCUT2D eigenvalue weighted by atomic mass is 15.2. The van der Waals surface area contributed by atoms with Crippen LogP contribution in [0.5, 0.6) is 0 Å². The van der Waals surface area contributed by atoms with Gasteiger partial charge in [-0.1, -0.05) is 147 Å². The molecule has 0 bridgehead atoms. The fraction of sp³-hybridized carbons (Fsp3) is 0.0545. The minimum atomic E-state index is -0.0515. The van der Waals surface area contributed by atoms with Crippen LogP contribution in [-0.4, -0.2) is 0 Å². The fourth-order valence-corrected chi connectivity index (χ4v) is 9.41. The van der Waals surface area contributed by atoms with E-state index in [0.29, 0.717) is 0 Å². The molecule has 270 valence electrons. The summed E-state index contributed by atoms with van der Waals surface area (Å²) in [4.78, 5) is 4.80. The summed E-state index contributed by atoms with van der Waals surface area (Å²) in [6, 6.07) is 75.6. The van der Waals surface area contributed by atoms with E-state index in [1.807, 2.05) is 0 Å². The Balaban J connectivity index is 1.07. The van der Waals surface area contributed by atoms with Crippen LogP contribution < -0.4 is 9.80 Å². The van der Waals surface area contributed by atoms with Crippen LogP contribution in [0.4, 0.5) is 34.1 Å². The van der Waals surface area contributed by atoms with Crippen molar-refractivity contribution >= 4 is 77.2 Å². The Kier molecular flexibility index (Phi) is 7.55. The molecule has 0 heterocycles. The molecule has 0 aliphatic heterocycles. The number of anilines is 6. The van der Waals surface area contributed by atoms with Gasteiger partial charge in [0.2, 0.25) is 0 Å². The molecule has 11 rings (SSSR count). The maximum atomic E-state index is 2.46. The van der Waals surface area contributed by atoms with E-state index in [1.54, 1.807) is 0 Å². The van der Waals surface area contributed by atoms with Gasteiger partial charge in [0.05, 0.1) is 5.69 Å². The first-order valence-electron chi connectivity index (χ1n) is 19.8. The molecule has 10 aromatic carbocycles. The van der Waals surface area contributed by atoms with Crippen molar-refractivity contribution in [1.82, 2.24) is 0 Å². The van der Waals surface area contributed by atoms with E-state index >= 15 is 0 Å². The molecule has 1 aliphatic rings. The van der Waals surface area contributed by atoms with Gasteiger partial charge >= 0.3 is 0 Å². The largest absolute Gasteiger partial charge is 0.310 e. The Morgan fingerprint density at radius 2 is 0.842 bits per heavy atom. The van der Waals surface area contributed by atoms with Crippen LogP contribution >= 0.6 is 0 Å². The van der Waals surface area contributed by atoms with Crippen molar-refractivity contribution in [3.63, 3.8) is 0 Å². The number of hydrogen-bond acceptors (Lipinski definition) is 2. The lowest BCUT2D eigenvalue weighted by Crippen LogP contribution is -2.14. The van der Waals surface area contributed by atoms with Gasteiger partial charge in [0.1, 0.15) is 0 Å². The third-order valence-corrected chi connectivity index (χ3v) is 12.1. The van der Waals surface area contributed by atoms with Crippen LogP contribution in [0.2, 0.25) is 0 Å². The molecule has 0 fully saturated rings. The minimum Gasteiger partial charge on any atom is -0.310 e. The molecule has 0 aromatic heterocycles. The number of hydrogen-bond donors (Lipinski definition) is 0. The van der Waals surface area contributed by atoms with Gasteiger partial charge in [-0.3, -0.25) is 0 Å². The average molecular weight is 729 g/mol. The molecule has 1 aliphatic carbocycles. The van der Waals surface area contributed by atoms with Crippen LogP contribution in [0, 0.1) is 0 Å².